The van der Waals surface area contributed by atoms with E-state index in [1.807, 2.05) is 25.2 Å². The van der Waals surface area contributed by atoms with Crippen LogP contribution in [0.3, 0.4) is 0 Å². The lowest BCUT2D eigenvalue weighted by molar-refractivity contribution is 1.31. The molecule has 0 nitrogen and oxygen atoms in total. The van der Waals surface area contributed by atoms with E-state index in [1.54, 1.807) is 0 Å². The first-order valence-corrected chi connectivity index (χ1v) is 3.76. The molecule has 0 bridgehead atoms. The molecule has 0 rings (SSSR count). The van der Waals surface area contributed by atoms with Gasteiger partial charge in [-0.2, -0.15) is 0 Å². The van der Waals surface area contributed by atoms with E-state index >= 15 is 0 Å². The fourth-order valence-corrected chi connectivity index (χ4v) is 0.994. The van der Waals surface area contributed by atoms with Gasteiger partial charge < -0.3 is 0 Å². The Kier molecular flexibility index (Phi) is 4.28. The van der Waals surface area contributed by atoms with Crippen molar-refractivity contribution in [3.63, 3.8) is 0 Å². The molecule has 0 saturated heterocycles. The molecule has 0 atom stereocenters. The van der Waals surface area contributed by atoms with Crippen LogP contribution >= 0.6 is 0 Å². The molecule has 0 amide bonds. The maximum Gasteiger partial charge on any atom is -0.0207 e. The number of hydrogen-bond acceptors (Lipinski definition) is 0. The molecule has 0 aromatic carbocycles. The maximum atomic E-state index is 3.75. The lowest BCUT2D eigenvalue weighted by Crippen LogP contribution is -1.84. The van der Waals surface area contributed by atoms with Gasteiger partial charge in [0, 0.05) is 0 Å². The Hall–Kier alpha value is -1.04. The Morgan fingerprint density at radius 2 is 1.64 bits per heavy atom. The summed E-state index contributed by atoms with van der Waals surface area (Å²) in [4.78, 5) is 0. The van der Waals surface area contributed by atoms with Crippen LogP contribution in [0.5, 0.6) is 0 Å². The van der Waals surface area contributed by atoms with E-state index in [-0.39, 0.29) is 0 Å². The molecule has 0 spiro atoms. The van der Waals surface area contributed by atoms with Crippen molar-refractivity contribution in [2.75, 3.05) is 0 Å². The van der Waals surface area contributed by atoms with E-state index in [0.717, 1.165) is 5.57 Å². The Labute approximate surface area is 69.6 Å². The zero-order chi connectivity index (χ0) is 8.85. The Morgan fingerprint density at radius 1 is 1.09 bits per heavy atom. The van der Waals surface area contributed by atoms with Gasteiger partial charge in [0.25, 0.3) is 0 Å². The van der Waals surface area contributed by atoms with Gasteiger partial charge in [0.05, 0.1) is 0 Å². The number of rotatable bonds is 3. The monoisotopic (exact) mass is 148 g/mol. The minimum atomic E-state index is 1.15. The molecule has 11 heavy (non-hydrogen) atoms. The summed E-state index contributed by atoms with van der Waals surface area (Å²) >= 11 is 0. The normalized spacial score (nSPS) is 10.6. The summed E-state index contributed by atoms with van der Waals surface area (Å²) in [7, 11) is 0. The van der Waals surface area contributed by atoms with E-state index in [9.17, 15) is 0 Å². The Balaban J connectivity index is 4.94. The predicted octanol–water partition coefficient (Wildman–Crippen LogP) is 3.64. The highest BCUT2D eigenvalue weighted by Gasteiger charge is 1.96. The van der Waals surface area contributed by atoms with Crippen molar-refractivity contribution >= 4 is 0 Å². The fraction of sp³-hybridized carbons (Fsp3) is 0.273. The van der Waals surface area contributed by atoms with Gasteiger partial charge in [0.15, 0.2) is 0 Å². The van der Waals surface area contributed by atoms with Crippen LogP contribution in [0.15, 0.2) is 48.1 Å². The van der Waals surface area contributed by atoms with Gasteiger partial charge in [0.1, 0.15) is 0 Å². The minimum absolute atomic E-state index is 1.15. The van der Waals surface area contributed by atoms with Gasteiger partial charge >= 0.3 is 0 Å². The predicted molar refractivity (Wildman–Crippen MR) is 52.5 cm³/mol. The third kappa shape index (κ3) is 2.58. The molecule has 0 aromatic rings. The van der Waals surface area contributed by atoms with Crippen LogP contribution < -0.4 is 0 Å². The fourth-order valence-electron chi connectivity index (χ4n) is 0.994. The Bertz CT molecular complexity index is 210. The topological polar surface area (TPSA) is 0 Å². The average molecular weight is 148 g/mol. The standard InChI is InChI=1S/C11H16/c1-6-10(7-2)11(8-3)9(4)5/h6-8H,1,3H2,2,4-5H3/b10-7-. The molecule has 0 aliphatic carbocycles. The second-order valence-corrected chi connectivity index (χ2v) is 2.57. The smallest absolute Gasteiger partial charge is 0.0207 e. The van der Waals surface area contributed by atoms with E-state index in [4.69, 9.17) is 0 Å². The quantitative estimate of drug-likeness (QED) is 0.536. The summed E-state index contributed by atoms with van der Waals surface area (Å²) in [6.07, 6.45) is 5.76. The summed E-state index contributed by atoms with van der Waals surface area (Å²) in [6, 6.07) is 0. The van der Waals surface area contributed by atoms with Crippen LogP contribution in [-0.2, 0) is 0 Å². The highest BCUT2D eigenvalue weighted by Crippen LogP contribution is 2.16. The second kappa shape index (κ2) is 4.73. The molecule has 0 aliphatic heterocycles. The van der Waals surface area contributed by atoms with Gasteiger partial charge in [-0.3, -0.25) is 0 Å². The third-order valence-corrected chi connectivity index (χ3v) is 1.58. The maximum absolute atomic E-state index is 3.75. The molecule has 0 heteroatoms. The molecule has 0 saturated carbocycles. The molecule has 0 aromatic heterocycles. The van der Waals surface area contributed by atoms with Crippen molar-refractivity contribution < 1.29 is 0 Å². The van der Waals surface area contributed by atoms with E-state index in [1.165, 1.54) is 11.1 Å². The molecule has 0 unspecified atom stereocenters. The van der Waals surface area contributed by atoms with E-state index in [2.05, 4.69) is 27.0 Å². The van der Waals surface area contributed by atoms with Crippen molar-refractivity contribution in [2.45, 2.75) is 20.8 Å². The summed E-state index contributed by atoms with van der Waals surface area (Å²) < 4.78 is 0. The van der Waals surface area contributed by atoms with Gasteiger partial charge in [-0.1, -0.05) is 37.0 Å². The zero-order valence-corrected chi connectivity index (χ0v) is 7.65. The molecular weight excluding hydrogens is 132 g/mol. The third-order valence-electron chi connectivity index (χ3n) is 1.58. The first kappa shape index (κ1) is 9.96. The molecule has 60 valence electrons. The van der Waals surface area contributed by atoms with Crippen LogP contribution in [0.1, 0.15) is 20.8 Å². The first-order valence-electron chi connectivity index (χ1n) is 3.76. The van der Waals surface area contributed by atoms with Gasteiger partial charge in [-0.15, -0.1) is 0 Å². The second-order valence-electron chi connectivity index (χ2n) is 2.57. The van der Waals surface area contributed by atoms with Gasteiger partial charge in [-0.05, 0) is 31.9 Å². The zero-order valence-electron chi connectivity index (χ0n) is 7.65. The van der Waals surface area contributed by atoms with Gasteiger partial charge in [0.2, 0.25) is 0 Å². The SMILES string of the molecule is C=CC(=C(C)C)/C(C=C)=C\C. The summed E-state index contributed by atoms with van der Waals surface area (Å²) in [5.41, 5.74) is 3.61. The van der Waals surface area contributed by atoms with E-state index in [0.29, 0.717) is 0 Å². The Morgan fingerprint density at radius 3 is 1.73 bits per heavy atom. The lowest BCUT2D eigenvalue weighted by Gasteiger charge is -2.04. The van der Waals surface area contributed by atoms with Crippen molar-refractivity contribution in [1.29, 1.82) is 0 Å². The number of allylic oxidation sites excluding steroid dienone is 6. The lowest BCUT2D eigenvalue weighted by atomic mass is 10.0. The first-order chi connectivity index (χ1) is 5.17. The molecule has 0 aliphatic rings. The minimum Gasteiger partial charge on any atom is -0.0985 e. The average Bonchev–Trinajstić information content (AvgIpc) is 1.99. The van der Waals surface area contributed by atoms with Gasteiger partial charge in [-0.25, -0.2) is 0 Å². The van der Waals surface area contributed by atoms with Crippen molar-refractivity contribution in [3.8, 4) is 0 Å². The van der Waals surface area contributed by atoms with E-state index < -0.39 is 0 Å². The van der Waals surface area contributed by atoms with Crippen LogP contribution in [0.25, 0.3) is 0 Å². The molecule has 0 radical (unpaired) electrons. The summed E-state index contributed by atoms with van der Waals surface area (Å²) in [6.45, 7) is 13.6. The molecule has 0 fully saturated rings. The van der Waals surface area contributed by atoms with Crippen molar-refractivity contribution in [1.82, 2.24) is 0 Å². The molecular formula is C11H16. The van der Waals surface area contributed by atoms with Crippen molar-refractivity contribution in [3.05, 3.63) is 48.1 Å². The van der Waals surface area contributed by atoms with Crippen LogP contribution in [-0.4, -0.2) is 0 Å². The molecule has 0 N–H and O–H groups in total. The highest BCUT2D eigenvalue weighted by molar-refractivity contribution is 5.46. The molecule has 0 heterocycles. The number of hydrogen-bond donors (Lipinski definition) is 0. The highest BCUT2D eigenvalue weighted by atomic mass is 14.0. The van der Waals surface area contributed by atoms with Crippen LogP contribution in [0.4, 0.5) is 0 Å². The van der Waals surface area contributed by atoms with Crippen LogP contribution in [0, 0.1) is 0 Å². The largest absolute Gasteiger partial charge is 0.0985 e. The van der Waals surface area contributed by atoms with Crippen molar-refractivity contribution in [2.24, 2.45) is 0 Å². The summed E-state index contributed by atoms with van der Waals surface area (Å²) in [5.74, 6) is 0. The van der Waals surface area contributed by atoms with Crippen LogP contribution in [0.2, 0.25) is 0 Å². The summed E-state index contributed by atoms with van der Waals surface area (Å²) in [5, 5.41) is 0.